The first-order chi connectivity index (χ1) is 8.61. The van der Waals surface area contributed by atoms with E-state index in [9.17, 15) is 0 Å². The van der Waals surface area contributed by atoms with E-state index in [0.29, 0.717) is 16.6 Å². The lowest BCUT2D eigenvalue weighted by molar-refractivity contribution is 0.249. The van der Waals surface area contributed by atoms with Crippen molar-refractivity contribution in [1.29, 1.82) is 5.26 Å². The second-order valence-electron chi connectivity index (χ2n) is 4.96. The highest BCUT2D eigenvalue weighted by Crippen LogP contribution is 2.27. The number of anilines is 1. The Bertz CT molecular complexity index is 457. The monoisotopic (exact) mass is 263 g/mol. The number of benzene rings is 1. The van der Waals surface area contributed by atoms with Gasteiger partial charge < -0.3 is 9.80 Å². The van der Waals surface area contributed by atoms with Crippen LogP contribution in [0.2, 0.25) is 5.02 Å². The normalized spacial score (nSPS) is 16.9. The Labute approximate surface area is 114 Å². The SMILES string of the molecule is CN(C)C1CCN(c2cc(Cl)ccc2C#N)CC1. The van der Waals surface area contributed by atoms with Crippen molar-refractivity contribution in [3.05, 3.63) is 28.8 Å². The number of hydrogen-bond donors (Lipinski definition) is 0. The summed E-state index contributed by atoms with van der Waals surface area (Å²) < 4.78 is 0. The molecule has 1 saturated heterocycles. The minimum absolute atomic E-state index is 0.644. The van der Waals surface area contributed by atoms with Gasteiger partial charge in [-0.05, 0) is 45.1 Å². The Morgan fingerprint density at radius 1 is 1.33 bits per heavy atom. The van der Waals surface area contributed by atoms with Crippen LogP contribution in [-0.2, 0) is 0 Å². The van der Waals surface area contributed by atoms with Crippen LogP contribution in [0.3, 0.4) is 0 Å². The molecule has 0 amide bonds. The van der Waals surface area contributed by atoms with Crippen molar-refractivity contribution in [3.63, 3.8) is 0 Å². The van der Waals surface area contributed by atoms with Gasteiger partial charge in [0.15, 0.2) is 0 Å². The van der Waals surface area contributed by atoms with Crippen LogP contribution in [-0.4, -0.2) is 38.1 Å². The summed E-state index contributed by atoms with van der Waals surface area (Å²) >= 11 is 6.03. The average Bonchev–Trinajstić information content (AvgIpc) is 2.39. The fraction of sp³-hybridized carbons (Fsp3) is 0.500. The Hall–Kier alpha value is -1.24. The van der Waals surface area contributed by atoms with Gasteiger partial charge in [-0.2, -0.15) is 5.26 Å². The van der Waals surface area contributed by atoms with Gasteiger partial charge in [-0.25, -0.2) is 0 Å². The fourth-order valence-corrected chi connectivity index (χ4v) is 2.65. The zero-order chi connectivity index (χ0) is 13.1. The molecule has 0 aliphatic carbocycles. The summed E-state index contributed by atoms with van der Waals surface area (Å²) in [5, 5.41) is 9.85. The summed E-state index contributed by atoms with van der Waals surface area (Å²) in [6, 6.07) is 8.36. The molecular formula is C14H18ClN3. The number of halogens is 1. The number of nitrogens with zero attached hydrogens (tertiary/aromatic N) is 3. The molecule has 1 aromatic rings. The van der Waals surface area contributed by atoms with E-state index in [2.05, 4.69) is 30.0 Å². The maximum absolute atomic E-state index is 9.15. The third kappa shape index (κ3) is 2.77. The van der Waals surface area contributed by atoms with Crippen LogP contribution in [0.1, 0.15) is 18.4 Å². The Morgan fingerprint density at radius 2 is 2.00 bits per heavy atom. The molecule has 2 rings (SSSR count). The van der Waals surface area contributed by atoms with Crippen molar-refractivity contribution in [2.75, 3.05) is 32.1 Å². The molecule has 1 aliphatic heterocycles. The number of hydrogen-bond acceptors (Lipinski definition) is 3. The van der Waals surface area contributed by atoms with Gasteiger partial charge in [-0.15, -0.1) is 0 Å². The summed E-state index contributed by atoms with van der Waals surface area (Å²) in [5.74, 6) is 0. The quantitative estimate of drug-likeness (QED) is 0.822. The van der Waals surface area contributed by atoms with E-state index in [1.54, 1.807) is 12.1 Å². The lowest BCUT2D eigenvalue weighted by atomic mass is 10.0. The van der Waals surface area contributed by atoms with E-state index >= 15 is 0 Å². The van der Waals surface area contributed by atoms with Gasteiger partial charge in [-0.3, -0.25) is 0 Å². The zero-order valence-corrected chi connectivity index (χ0v) is 11.6. The van der Waals surface area contributed by atoms with Crippen molar-refractivity contribution in [2.45, 2.75) is 18.9 Å². The second-order valence-corrected chi connectivity index (χ2v) is 5.39. The highest BCUT2D eigenvalue weighted by atomic mass is 35.5. The van der Waals surface area contributed by atoms with Gasteiger partial charge in [-0.1, -0.05) is 11.6 Å². The van der Waals surface area contributed by atoms with Gasteiger partial charge in [0, 0.05) is 24.2 Å². The number of piperidine rings is 1. The molecule has 4 heteroatoms. The van der Waals surface area contributed by atoms with Crippen molar-refractivity contribution >= 4 is 17.3 Å². The molecule has 0 spiro atoms. The van der Waals surface area contributed by atoms with Crippen molar-refractivity contribution in [3.8, 4) is 6.07 Å². The van der Waals surface area contributed by atoms with Crippen molar-refractivity contribution in [1.82, 2.24) is 4.90 Å². The minimum atomic E-state index is 0.644. The standard InChI is InChI=1S/C14H18ClN3/c1-17(2)13-5-7-18(8-6-13)14-9-12(15)4-3-11(14)10-16/h3-4,9,13H,5-8H2,1-2H3. The first-order valence-corrected chi connectivity index (χ1v) is 6.60. The molecule has 0 N–H and O–H groups in total. The van der Waals surface area contributed by atoms with Crippen LogP contribution in [0.5, 0.6) is 0 Å². The predicted octanol–water partition coefficient (Wildman–Crippen LogP) is 2.74. The van der Waals surface area contributed by atoms with Gasteiger partial charge in [0.05, 0.1) is 11.3 Å². The average molecular weight is 264 g/mol. The van der Waals surface area contributed by atoms with Crippen LogP contribution in [0.15, 0.2) is 18.2 Å². The summed E-state index contributed by atoms with van der Waals surface area (Å²) in [6.45, 7) is 1.97. The zero-order valence-electron chi connectivity index (χ0n) is 10.9. The van der Waals surface area contributed by atoms with Crippen LogP contribution >= 0.6 is 11.6 Å². The number of rotatable bonds is 2. The minimum Gasteiger partial charge on any atom is -0.370 e. The summed E-state index contributed by atoms with van der Waals surface area (Å²) in [6.07, 6.45) is 2.26. The van der Waals surface area contributed by atoms with Crippen LogP contribution in [0.25, 0.3) is 0 Å². The second kappa shape index (κ2) is 5.60. The maximum atomic E-state index is 9.15. The van der Waals surface area contributed by atoms with Crippen LogP contribution in [0, 0.1) is 11.3 Å². The Balaban J connectivity index is 2.14. The summed E-state index contributed by atoms with van der Waals surface area (Å²) in [5.41, 5.74) is 1.69. The molecule has 1 fully saturated rings. The molecule has 18 heavy (non-hydrogen) atoms. The third-order valence-corrected chi connectivity index (χ3v) is 3.85. The fourth-order valence-electron chi connectivity index (χ4n) is 2.48. The van der Waals surface area contributed by atoms with E-state index in [1.807, 2.05) is 6.07 Å². The Morgan fingerprint density at radius 3 is 2.56 bits per heavy atom. The molecule has 3 nitrogen and oxygen atoms in total. The highest BCUT2D eigenvalue weighted by molar-refractivity contribution is 6.30. The van der Waals surface area contributed by atoms with Gasteiger partial charge in [0.2, 0.25) is 0 Å². The molecule has 1 heterocycles. The molecular weight excluding hydrogens is 246 g/mol. The highest BCUT2D eigenvalue weighted by Gasteiger charge is 2.22. The smallest absolute Gasteiger partial charge is 0.101 e. The molecule has 96 valence electrons. The topological polar surface area (TPSA) is 30.3 Å². The molecule has 0 atom stereocenters. The van der Waals surface area contributed by atoms with Gasteiger partial charge >= 0.3 is 0 Å². The first-order valence-electron chi connectivity index (χ1n) is 6.23. The summed E-state index contributed by atoms with van der Waals surface area (Å²) in [4.78, 5) is 4.55. The predicted molar refractivity (Wildman–Crippen MR) is 75.1 cm³/mol. The van der Waals surface area contributed by atoms with E-state index in [0.717, 1.165) is 31.6 Å². The third-order valence-electron chi connectivity index (χ3n) is 3.62. The van der Waals surface area contributed by atoms with E-state index in [4.69, 9.17) is 16.9 Å². The molecule has 1 aromatic carbocycles. The molecule has 0 bridgehead atoms. The molecule has 0 radical (unpaired) electrons. The van der Waals surface area contributed by atoms with E-state index in [1.165, 1.54) is 0 Å². The molecule has 1 aliphatic rings. The molecule has 0 aromatic heterocycles. The largest absolute Gasteiger partial charge is 0.370 e. The maximum Gasteiger partial charge on any atom is 0.101 e. The first kappa shape index (κ1) is 13.2. The summed E-state index contributed by atoms with van der Waals surface area (Å²) in [7, 11) is 4.25. The lowest BCUT2D eigenvalue weighted by Gasteiger charge is -2.36. The van der Waals surface area contributed by atoms with Gasteiger partial charge in [0.1, 0.15) is 6.07 Å². The van der Waals surface area contributed by atoms with Crippen molar-refractivity contribution in [2.24, 2.45) is 0 Å². The van der Waals surface area contributed by atoms with Gasteiger partial charge in [0.25, 0.3) is 0 Å². The molecule has 0 saturated carbocycles. The number of nitriles is 1. The Kier molecular flexibility index (Phi) is 4.11. The van der Waals surface area contributed by atoms with Crippen LogP contribution in [0.4, 0.5) is 5.69 Å². The van der Waals surface area contributed by atoms with Crippen LogP contribution < -0.4 is 4.90 Å². The van der Waals surface area contributed by atoms with E-state index < -0.39 is 0 Å². The molecule has 0 unspecified atom stereocenters. The van der Waals surface area contributed by atoms with E-state index in [-0.39, 0.29) is 0 Å². The van der Waals surface area contributed by atoms with Crippen molar-refractivity contribution < 1.29 is 0 Å². The lowest BCUT2D eigenvalue weighted by Crippen LogP contribution is -2.42.